The first kappa shape index (κ1) is 22.2. The number of hydrogen-bond donors (Lipinski definition) is 1. The molecule has 172 valence electrons. The van der Waals surface area contributed by atoms with Crippen LogP contribution < -0.4 is 0 Å². The van der Waals surface area contributed by atoms with Crippen LogP contribution in [0.25, 0.3) is 11.0 Å². The second-order valence-corrected chi connectivity index (χ2v) is 9.12. The summed E-state index contributed by atoms with van der Waals surface area (Å²) in [5.41, 5.74) is 1.88. The number of carbonyl (C=O) groups excluding carboxylic acids is 2. The predicted octanol–water partition coefficient (Wildman–Crippen LogP) is 4.23. The van der Waals surface area contributed by atoms with Crippen LogP contribution in [-0.2, 0) is 15.0 Å². The molecule has 5 rings (SSSR count). The summed E-state index contributed by atoms with van der Waals surface area (Å²) in [7, 11) is 0. The highest BCUT2D eigenvalue weighted by molar-refractivity contribution is 7.71. The van der Waals surface area contributed by atoms with Crippen molar-refractivity contribution < 1.29 is 9.59 Å². The van der Waals surface area contributed by atoms with Gasteiger partial charge in [0.1, 0.15) is 16.5 Å². The number of ketones is 1. The van der Waals surface area contributed by atoms with Crippen LogP contribution in [0.2, 0.25) is 0 Å². The number of Topliss-reactive ketones (excluding diaryl/α,β-unsaturated/α-hetero) is 1. The van der Waals surface area contributed by atoms with Gasteiger partial charge in [-0.2, -0.15) is 5.10 Å². The summed E-state index contributed by atoms with van der Waals surface area (Å²) >= 11 is 5.73. The van der Waals surface area contributed by atoms with Crippen molar-refractivity contribution in [3.05, 3.63) is 89.0 Å². The standard InChI is InChI=1S/C26H25N5O2S/c1-18(32)26(20-10-6-3-7-11-20)12-14-30(15-13-26)24(33)22(19-8-4-2-5-9-19)31-17-27-23-21(25(31)34)16-28-29-23/h2-11,16-17,22H,12-15H2,1H3,(H,28,29). The van der Waals surface area contributed by atoms with E-state index in [0.29, 0.717) is 41.6 Å². The molecule has 1 unspecified atom stereocenters. The van der Waals surface area contributed by atoms with Crippen molar-refractivity contribution in [3.63, 3.8) is 0 Å². The fourth-order valence-corrected chi connectivity index (χ4v) is 5.27. The number of aromatic amines is 1. The van der Waals surface area contributed by atoms with Crippen LogP contribution in [0.1, 0.15) is 36.9 Å². The number of likely N-dealkylation sites (tertiary alicyclic amines) is 1. The van der Waals surface area contributed by atoms with Crippen molar-refractivity contribution in [2.75, 3.05) is 13.1 Å². The van der Waals surface area contributed by atoms with Crippen molar-refractivity contribution in [1.29, 1.82) is 0 Å². The first-order valence-corrected chi connectivity index (χ1v) is 11.7. The number of rotatable bonds is 5. The number of nitrogens with zero attached hydrogens (tertiary/aromatic N) is 4. The maximum absolute atomic E-state index is 14.0. The second kappa shape index (κ2) is 8.95. The van der Waals surface area contributed by atoms with Gasteiger partial charge < -0.3 is 9.47 Å². The molecule has 1 amide bonds. The number of carbonyl (C=O) groups is 2. The van der Waals surface area contributed by atoms with Crippen molar-refractivity contribution in [2.45, 2.75) is 31.2 Å². The lowest BCUT2D eigenvalue weighted by molar-refractivity contribution is -0.137. The Bertz CT molecular complexity index is 1390. The molecule has 1 saturated heterocycles. The fourth-order valence-electron chi connectivity index (χ4n) is 4.97. The van der Waals surface area contributed by atoms with Gasteiger partial charge >= 0.3 is 0 Å². The van der Waals surface area contributed by atoms with Crippen LogP contribution >= 0.6 is 12.2 Å². The molecule has 0 saturated carbocycles. The first-order valence-electron chi connectivity index (χ1n) is 11.3. The summed E-state index contributed by atoms with van der Waals surface area (Å²) in [6, 6.07) is 18.8. The van der Waals surface area contributed by atoms with E-state index >= 15 is 0 Å². The van der Waals surface area contributed by atoms with E-state index in [-0.39, 0.29) is 11.7 Å². The van der Waals surface area contributed by atoms with Gasteiger partial charge in [0.15, 0.2) is 5.65 Å². The summed E-state index contributed by atoms with van der Waals surface area (Å²) in [6.45, 7) is 2.64. The minimum Gasteiger partial charge on any atom is -0.341 e. The third-order valence-corrected chi connectivity index (χ3v) is 7.38. The molecular formula is C26H25N5O2S. The Morgan fingerprint density at radius 1 is 1.03 bits per heavy atom. The highest BCUT2D eigenvalue weighted by Crippen LogP contribution is 2.37. The molecular weight excluding hydrogens is 446 g/mol. The Hall–Kier alpha value is -3.65. The molecule has 7 nitrogen and oxygen atoms in total. The molecule has 3 heterocycles. The normalized spacial score (nSPS) is 16.3. The van der Waals surface area contributed by atoms with E-state index in [1.54, 1.807) is 24.0 Å². The SMILES string of the molecule is CC(=O)C1(c2ccccc2)CCN(C(=O)C(c2ccccc2)n2cnc3[nH]ncc3c2=S)CC1. The van der Waals surface area contributed by atoms with Gasteiger partial charge in [-0.15, -0.1) is 0 Å². The van der Waals surface area contributed by atoms with Gasteiger partial charge in [-0.1, -0.05) is 72.9 Å². The van der Waals surface area contributed by atoms with E-state index in [1.165, 1.54) is 0 Å². The highest BCUT2D eigenvalue weighted by Gasteiger charge is 2.42. The summed E-state index contributed by atoms with van der Waals surface area (Å²) in [6.07, 6.45) is 4.41. The van der Waals surface area contributed by atoms with E-state index in [2.05, 4.69) is 15.2 Å². The number of fused-ring (bicyclic) bond motifs is 1. The van der Waals surface area contributed by atoms with Crippen LogP contribution in [0.15, 0.2) is 73.2 Å². The quantitative estimate of drug-likeness (QED) is 0.441. The van der Waals surface area contributed by atoms with Gasteiger partial charge in [-0.3, -0.25) is 14.7 Å². The molecule has 0 bridgehead atoms. The second-order valence-electron chi connectivity index (χ2n) is 8.73. The van der Waals surface area contributed by atoms with Gasteiger partial charge in [-0.05, 0) is 30.9 Å². The number of piperidine rings is 1. The lowest BCUT2D eigenvalue weighted by Crippen LogP contribution is -2.50. The molecule has 0 radical (unpaired) electrons. The van der Waals surface area contributed by atoms with Crippen LogP contribution in [0.3, 0.4) is 0 Å². The van der Waals surface area contributed by atoms with Gasteiger partial charge in [0.05, 0.1) is 23.3 Å². The molecule has 0 aliphatic carbocycles. The van der Waals surface area contributed by atoms with Crippen molar-refractivity contribution >= 4 is 34.9 Å². The smallest absolute Gasteiger partial charge is 0.250 e. The molecule has 1 aliphatic rings. The number of nitrogens with one attached hydrogen (secondary N) is 1. The van der Waals surface area contributed by atoms with E-state index in [1.807, 2.05) is 65.6 Å². The van der Waals surface area contributed by atoms with Gasteiger partial charge in [0.2, 0.25) is 5.91 Å². The molecule has 2 aromatic carbocycles. The van der Waals surface area contributed by atoms with Crippen LogP contribution in [0.5, 0.6) is 0 Å². The predicted molar refractivity (Wildman–Crippen MR) is 132 cm³/mol. The minimum atomic E-state index is -0.651. The van der Waals surface area contributed by atoms with E-state index in [0.717, 1.165) is 11.1 Å². The van der Waals surface area contributed by atoms with Crippen molar-refractivity contribution in [2.24, 2.45) is 0 Å². The Balaban J connectivity index is 1.49. The Morgan fingerprint density at radius 3 is 2.32 bits per heavy atom. The van der Waals surface area contributed by atoms with Crippen molar-refractivity contribution in [3.8, 4) is 0 Å². The van der Waals surface area contributed by atoms with Gasteiger partial charge in [0.25, 0.3) is 0 Å². The zero-order valence-corrected chi connectivity index (χ0v) is 19.7. The van der Waals surface area contributed by atoms with E-state index < -0.39 is 11.5 Å². The van der Waals surface area contributed by atoms with Crippen LogP contribution in [0.4, 0.5) is 0 Å². The van der Waals surface area contributed by atoms with Crippen LogP contribution in [-0.4, -0.2) is 49.4 Å². The molecule has 1 N–H and O–H groups in total. The third-order valence-electron chi connectivity index (χ3n) is 6.95. The average molecular weight is 472 g/mol. The Kier molecular flexibility index (Phi) is 5.83. The minimum absolute atomic E-state index is 0.0582. The lowest BCUT2D eigenvalue weighted by Gasteiger charge is -2.41. The fraction of sp³-hybridized carbons (Fsp3) is 0.269. The first-order chi connectivity index (χ1) is 16.5. The highest BCUT2D eigenvalue weighted by atomic mass is 32.1. The third kappa shape index (κ3) is 3.74. The number of hydrogen-bond acceptors (Lipinski definition) is 5. The molecule has 1 aliphatic heterocycles. The summed E-state index contributed by atoms with van der Waals surface area (Å²) in [4.78, 5) is 33.0. The molecule has 0 spiro atoms. The number of aromatic nitrogens is 4. The summed E-state index contributed by atoms with van der Waals surface area (Å²) in [5.74, 6) is 0.0828. The van der Waals surface area contributed by atoms with E-state index in [4.69, 9.17) is 12.2 Å². The van der Waals surface area contributed by atoms with Gasteiger partial charge in [-0.25, -0.2) is 4.98 Å². The zero-order chi connectivity index (χ0) is 23.7. The Labute approximate surface area is 202 Å². The maximum atomic E-state index is 14.0. The molecule has 2 aromatic heterocycles. The Morgan fingerprint density at radius 2 is 1.68 bits per heavy atom. The van der Waals surface area contributed by atoms with E-state index in [9.17, 15) is 9.59 Å². The molecule has 1 fully saturated rings. The largest absolute Gasteiger partial charge is 0.341 e. The molecule has 34 heavy (non-hydrogen) atoms. The number of H-pyrrole nitrogens is 1. The van der Waals surface area contributed by atoms with Gasteiger partial charge in [0, 0.05) is 13.1 Å². The molecule has 8 heteroatoms. The zero-order valence-electron chi connectivity index (χ0n) is 18.8. The summed E-state index contributed by atoms with van der Waals surface area (Å²) in [5, 5.41) is 7.56. The maximum Gasteiger partial charge on any atom is 0.250 e. The molecule has 1 atom stereocenters. The lowest BCUT2D eigenvalue weighted by atomic mass is 9.70. The van der Waals surface area contributed by atoms with Crippen molar-refractivity contribution in [1.82, 2.24) is 24.6 Å². The average Bonchev–Trinajstić information content (AvgIpc) is 3.36. The number of amides is 1. The number of benzene rings is 2. The molecule has 4 aromatic rings. The topological polar surface area (TPSA) is 83.9 Å². The van der Waals surface area contributed by atoms with Crippen LogP contribution in [0, 0.1) is 4.64 Å². The summed E-state index contributed by atoms with van der Waals surface area (Å²) < 4.78 is 2.25. The monoisotopic (exact) mass is 471 g/mol.